The van der Waals surface area contributed by atoms with E-state index >= 15 is 0 Å². The number of aliphatic hydroxyl groups excluding tert-OH is 1. The molecule has 0 aliphatic heterocycles. The second-order valence-electron chi connectivity index (χ2n) is 8.00. The van der Waals surface area contributed by atoms with Crippen LogP contribution in [0.25, 0.3) is 0 Å². The number of hydrogen-bond donors (Lipinski definition) is 3. The fourth-order valence-electron chi connectivity index (χ4n) is 3.44. The van der Waals surface area contributed by atoms with Gasteiger partial charge in [0.25, 0.3) is 10.0 Å². The number of hydrogen-bond acceptors (Lipinski definition) is 6. The van der Waals surface area contributed by atoms with Gasteiger partial charge < -0.3 is 19.7 Å². The molecule has 0 fully saturated rings. The lowest BCUT2D eigenvalue weighted by molar-refractivity contribution is 0.134. The predicted molar refractivity (Wildman–Crippen MR) is 123 cm³/mol. The van der Waals surface area contributed by atoms with Crippen LogP contribution in [0.2, 0.25) is 0 Å². The third-order valence-corrected chi connectivity index (χ3v) is 6.69. The summed E-state index contributed by atoms with van der Waals surface area (Å²) in [6.45, 7) is 2.06. The number of benzene rings is 2. The lowest BCUT2D eigenvalue weighted by Gasteiger charge is -2.24. The molecule has 0 amide bonds. The maximum atomic E-state index is 13.7. The Bertz CT molecular complexity index is 1190. The van der Waals surface area contributed by atoms with Gasteiger partial charge in [-0.05, 0) is 48.7 Å². The second-order valence-corrected chi connectivity index (χ2v) is 9.66. The molecule has 2 atom stereocenters. The minimum atomic E-state index is -4.11. The summed E-state index contributed by atoms with van der Waals surface area (Å²) in [6, 6.07) is 9.20. The van der Waals surface area contributed by atoms with Gasteiger partial charge in [0, 0.05) is 32.4 Å². The monoisotopic (exact) mass is 494 g/mol. The van der Waals surface area contributed by atoms with E-state index in [0.29, 0.717) is 18.1 Å². The number of aromatic nitrogens is 2. The molecule has 0 spiro atoms. The molecule has 2 aromatic carbocycles. The number of imidazole rings is 1. The van der Waals surface area contributed by atoms with Crippen molar-refractivity contribution in [1.82, 2.24) is 19.6 Å². The smallest absolute Gasteiger partial charge is 0.259 e. The van der Waals surface area contributed by atoms with Gasteiger partial charge in [-0.25, -0.2) is 26.9 Å². The van der Waals surface area contributed by atoms with Crippen molar-refractivity contribution in [2.45, 2.75) is 37.1 Å². The van der Waals surface area contributed by atoms with Crippen molar-refractivity contribution < 1.29 is 27.0 Å². The van der Waals surface area contributed by atoms with Crippen LogP contribution >= 0.6 is 0 Å². The first-order valence-electron chi connectivity index (χ1n) is 10.6. The molecule has 3 aromatic rings. The number of nitrogens with zero attached hydrogens (tertiary/aromatic N) is 2. The molecular weight excluding hydrogens is 466 g/mol. The molecule has 0 aliphatic rings. The van der Waals surface area contributed by atoms with Gasteiger partial charge in [-0.3, -0.25) is 0 Å². The van der Waals surface area contributed by atoms with Crippen LogP contribution in [-0.4, -0.2) is 48.9 Å². The molecule has 0 saturated heterocycles. The number of ether oxygens (including phenoxy) is 1. The van der Waals surface area contributed by atoms with Gasteiger partial charge in [0.1, 0.15) is 23.2 Å². The zero-order chi connectivity index (χ0) is 24.9. The highest BCUT2D eigenvalue weighted by atomic mass is 32.2. The Labute approximate surface area is 197 Å². The van der Waals surface area contributed by atoms with Gasteiger partial charge in [0.05, 0.1) is 19.3 Å². The van der Waals surface area contributed by atoms with Gasteiger partial charge in [-0.15, -0.1) is 0 Å². The quantitative estimate of drug-likeness (QED) is 0.377. The Balaban J connectivity index is 1.76. The predicted octanol–water partition coefficient (Wildman–Crippen LogP) is 2.06. The van der Waals surface area contributed by atoms with E-state index < -0.39 is 33.8 Å². The Morgan fingerprint density at radius 1 is 1.15 bits per heavy atom. The summed E-state index contributed by atoms with van der Waals surface area (Å²) in [7, 11) is -0.887. The molecular formula is C23H28F2N4O4S. The summed E-state index contributed by atoms with van der Waals surface area (Å²) < 4.78 is 62.4. The maximum Gasteiger partial charge on any atom is 0.259 e. The SMILES string of the molecule is COc1cccc(CNC[C@H](O)[C@@H](Cc2cc(F)cc(F)c2)NS(=O)(=O)c2cn(C)c(C)n2)c1. The molecule has 11 heteroatoms. The number of aliphatic hydroxyl groups is 1. The molecule has 34 heavy (non-hydrogen) atoms. The first-order valence-corrected chi connectivity index (χ1v) is 12.0. The van der Waals surface area contributed by atoms with Gasteiger partial charge in [-0.2, -0.15) is 0 Å². The van der Waals surface area contributed by atoms with Gasteiger partial charge >= 0.3 is 0 Å². The average Bonchev–Trinajstić information content (AvgIpc) is 3.12. The highest BCUT2D eigenvalue weighted by molar-refractivity contribution is 7.89. The number of nitrogens with one attached hydrogen (secondary N) is 2. The second kappa shape index (κ2) is 11.0. The van der Waals surface area contributed by atoms with Crippen molar-refractivity contribution in [1.29, 1.82) is 0 Å². The van der Waals surface area contributed by atoms with E-state index in [4.69, 9.17) is 4.74 Å². The zero-order valence-corrected chi connectivity index (χ0v) is 19.9. The fourth-order valence-corrected chi connectivity index (χ4v) is 4.75. The molecule has 3 rings (SSSR count). The van der Waals surface area contributed by atoms with Gasteiger partial charge in [0.15, 0.2) is 5.03 Å². The van der Waals surface area contributed by atoms with Crippen molar-refractivity contribution in [3.05, 3.63) is 77.2 Å². The molecule has 184 valence electrons. The van der Waals surface area contributed by atoms with Gasteiger partial charge in [-0.1, -0.05) is 12.1 Å². The van der Waals surface area contributed by atoms with Crippen LogP contribution in [0.15, 0.2) is 53.7 Å². The van der Waals surface area contributed by atoms with Crippen molar-refractivity contribution in [2.75, 3.05) is 13.7 Å². The standard InChI is InChI=1S/C23H28F2N4O4S/c1-15-27-23(14-29(15)2)34(31,32)28-21(10-17-7-18(24)11-19(25)8-17)22(30)13-26-12-16-5-4-6-20(9-16)33-3/h4-9,11,14,21-22,26,28,30H,10,12-13H2,1-3H3/t21-,22+/m1/s1. The Morgan fingerprint density at radius 2 is 1.85 bits per heavy atom. The van der Waals surface area contributed by atoms with Crippen molar-refractivity contribution in [3.8, 4) is 5.75 Å². The van der Waals surface area contributed by atoms with E-state index in [2.05, 4.69) is 15.0 Å². The zero-order valence-electron chi connectivity index (χ0n) is 19.1. The summed E-state index contributed by atoms with van der Waals surface area (Å²) in [4.78, 5) is 4.03. The molecule has 1 aromatic heterocycles. The van der Waals surface area contributed by atoms with E-state index in [0.717, 1.165) is 23.8 Å². The molecule has 0 saturated carbocycles. The Kier molecular flexibility index (Phi) is 8.37. The molecule has 0 aliphatic carbocycles. The normalized spacial score (nSPS) is 13.6. The van der Waals surface area contributed by atoms with Crippen LogP contribution in [0.1, 0.15) is 17.0 Å². The van der Waals surface area contributed by atoms with Crippen LogP contribution in [0.3, 0.4) is 0 Å². The number of methoxy groups -OCH3 is 1. The van der Waals surface area contributed by atoms with E-state index in [9.17, 15) is 22.3 Å². The van der Waals surface area contributed by atoms with E-state index in [1.807, 2.05) is 18.2 Å². The molecule has 0 radical (unpaired) electrons. The topological polar surface area (TPSA) is 105 Å². The van der Waals surface area contributed by atoms with E-state index in [1.54, 1.807) is 31.7 Å². The highest BCUT2D eigenvalue weighted by Gasteiger charge is 2.28. The minimum absolute atomic E-state index is 0.0173. The summed E-state index contributed by atoms with van der Waals surface area (Å²) in [5.74, 6) is -0.404. The summed E-state index contributed by atoms with van der Waals surface area (Å²) in [5, 5.41) is 13.7. The fraction of sp³-hybridized carbons (Fsp3) is 0.348. The Hall–Kier alpha value is -2.86. The molecule has 0 unspecified atom stereocenters. The van der Waals surface area contributed by atoms with E-state index in [-0.39, 0.29) is 23.6 Å². The third kappa shape index (κ3) is 6.83. The first kappa shape index (κ1) is 25.8. The van der Waals surface area contributed by atoms with Crippen LogP contribution in [0.4, 0.5) is 8.78 Å². The molecule has 1 heterocycles. The third-order valence-electron chi connectivity index (χ3n) is 5.33. The number of aryl methyl sites for hydroxylation is 2. The molecule has 0 bridgehead atoms. The van der Waals surface area contributed by atoms with Crippen LogP contribution < -0.4 is 14.8 Å². The van der Waals surface area contributed by atoms with Crippen LogP contribution in [0, 0.1) is 18.6 Å². The molecule has 3 N–H and O–H groups in total. The van der Waals surface area contributed by atoms with E-state index in [1.165, 1.54) is 6.20 Å². The minimum Gasteiger partial charge on any atom is -0.497 e. The summed E-state index contributed by atoms with van der Waals surface area (Å²) in [6.07, 6.45) is 0.00247. The van der Waals surface area contributed by atoms with Crippen LogP contribution in [-0.2, 0) is 30.0 Å². The number of rotatable bonds is 11. The summed E-state index contributed by atoms with van der Waals surface area (Å²) in [5.41, 5.74) is 1.11. The first-order chi connectivity index (χ1) is 16.1. The number of halogens is 2. The lowest BCUT2D eigenvalue weighted by atomic mass is 10.0. The van der Waals surface area contributed by atoms with Gasteiger partial charge in [0.2, 0.25) is 0 Å². The Morgan fingerprint density at radius 3 is 2.47 bits per heavy atom. The van der Waals surface area contributed by atoms with Crippen molar-refractivity contribution in [2.24, 2.45) is 7.05 Å². The summed E-state index contributed by atoms with van der Waals surface area (Å²) >= 11 is 0. The lowest BCUT2D eigenvalue weighted by Crippen LogP contribution is -2.48. The highest BCUT2D eigenvalue weighted by Crippen LogP contribution is 2.16. The largest absolute Gasteiger partial charge is 0.497 e. The molecule has 8 nitrogen and oxygen atoms in total. The van der Waals surface area contributed by atoms with Crippen molar-refractivity contribution in [3.63, 3.8) is 0 Å². The van der Waals surface area contributed by atoms with Crippen LogP contribution in [0.5, 0.6) is 5.75 Å². The van der Waals surface area contributed by atoms with Crippen molar-refractivity contribution >= 4 is 10.0 Å². The number of sulfonamides is 1. The average molecular weight is 495 g/mol. The maximum absolute atomic E-state index is 13.7.